The maximum Gasteiger partial charge on any atom is 0.123 e. The second kappa shape index (κ2) is 5.29. The highest BCUT2D eigenvalue weighted by Crippen LogP contribution is 2.32. The fourth-order valence-electron chi connectivity index (χ4n) is 2.92. The minimum absolute atomic E-state index is 0.389. The predicted molar refractivity (Wildman–Crippen MR) is 76.7 cm³/mol. The summed E-state index contributed by atoms with van der Waals surface area (Å²) in [4.78, 5) is 2.38. The quantitative estimate of drug-likeness (QED) is 0.847. The zero-order chi connectivity index (χ0) is 13.2. The van der Waals surface area contributed by atoms with E-state index in [0.717, 1.165) is 43.2 Å². The molecular weight excluding hydrogens is 240 g/mol. The van der Waals surface area contributed by atoms with Gasteiger partial charge in [-0.3, -0.25) is 0 Å². The Morgan fingerprint density at radius 3 is 2.68 bits per heavy atom. The number of nitrogen functional groups attached to an aromatic ring is 1. The van der Waals surface area contributed by atoms with Gasteiger partial charge in [0.2, 0.25) is 0 Å². The predicted octanol–water partition coefficient (Wildman–Crippen LogP) is 2.43. The Bertz CT molecular complexity index is 438. The Morgan fingerprint density at radius 1 is 1.26 bits per heavy atom. The van der Waals surface area contributed by atoms with E-state index in [-0.39, 0.29) is 0 Å². The first-order valence-corrected chi connectivity index (χ1v) is 7.18. The van der Waals surface area contributed by atoms with E-state index in [0.29, 0.717) is 12.2 Å². The molecule has 1 aromatic carbocycles. The maximum absolute atomic E-state index is 5.98. The average Bonchev–Trinajstić information content (AvgIpc) is 2.74. The third kappa shape index (κ3) is 2.78. The number of hydrogen-bond acceptors (Lipinski definition) is 4. The van der Waals surface area contributed by atoms with E-state index >= 15 is 0 Å². The Balaban J connectivity index is 1.77. The van der Waals surface area contributed by atoms with Gasteiger partial charge < -0.3 is 20.1 Å². The summed E-state index contributed by atoms with van der Waals surface area (Å²) in [5.74, 6) is 0.871. The van der Waals surface area contributed by atoms with E-state index < -0.39 is 0 Å². The number of hydrogen-bond donors (Lipinski definition) is 1. The monoisotopic (exact) mass is 262 g/mol. The lowest BCUT2D eigenvalue weighted by atomic mass is 10.2. The lowest BCUT2D eigenvalue weighted by molar-refractivity contribution is 0.0305. The molecule has 2 saturated heterocycles. The molecule has 19 heavy (non-hydrogen) atoms. The van der Waals surface area contributed by atoms with Gasteiger partial charge in [0, 0.05) is 36.6 Å². The molecule has 2 fully saturated rings. The van der Waals surface area contributed by atoms with Gasteiger partial charge in [0.1, 0.15) is 5.75 Å². The molecular formula is C15H22N2O2. The highest BCUT2D eigenvalue weighted by molar-refractivity contribution is 5.61. The number of rotatable bonds is 4. The first-order chi connectivity index (χ1) is 9.24. The molecule has 2 atom stereocenters. The number of fused-ring (bicyclic) bond motifs is 2. The molecule has 0 amide bonds. The van der Waals surface area contributed by atoms with Crippen LogP contribution >= 0.6 is 0 Å². The molecule has 2 unspecified atom stereocenters. The summed E-state index contributed by atoms with van der Waals surface area (Å²) in [6.07, 6.45) is 4.15. The van der Waals surface area contributed by atoms with Crippen LogP contribution in [0.5, 0.6) is 5.75 Å². The summed E-state index contributed by atoms with van der Waals surface area (Å²) in [5.41, 5.74) is 7.91. The van der Waals surface area contributed by atoms with Gasteiger partial charge in [-0.05, 0) is 25.3 Å². The molecule has 4 heteroatoms. The Labute approximate surface area is 114 Å². The van der Waals surface area contributed by atoms with Crippen LogP contribution in [0, 0.1) is 0 Å². The highest BCUT2D eigenvalue weighted by Gasteiger charge is 2.33. The molecule has 2 aliphatic rings. The number of anilines is 2. The van der Waals surface area contributed by atoms with Crippen molar-refractivity contribution in [3.63, 3.8) is 0 Å². The standard InChI is InChI=1S/C15H22N2O2/c1-2-5-18-15-7-11(16)6-12(8-15)17-9-13-3-4-14(10-17)19-13/h6-8,13-14H,2-5,9-10,16H2,1H3. The van der Waals surface area contributed by atoms with Gasteiger partial charge in [0.05, 0.1) is 18.8 Å². The third-order valence-electron chi connectivity index (χ3n) is 3.80. The van der Waals surface area contributed by atoms with Gasteiger partial charge >= 0.3 is 0 Å². The Kier molecular flexibility index (Phi) is 3.51. The van der Waals surface area contributed by atoms with Crippen LogP contribution < -0.4 is 15.4 Å². The molecule has 0 aliphatic carbocycles. The Hall–Kier alpha value is -1.42. The topological polar surface area (TPSA) is 47.7 Å². The fourth-order valence-corrected chi connectivity index (χ4v) is 2.92. The van der Waals surface area contributed by atoms with Gasteiger partial charge in [0.25, 0.3) is 0 Å². The van der Waals surface area contributed by atoms with Crippen molar-refractivity contribution in [2.45, 2.75) is 38.4 Å². The summed E-state index contributed by atoms with van der Waals surface area (Å²) in [6.45, 7) is 4.77. The summed E-state index contributed by atoms with van der Waals surface area (Å²) in [5, 5.41) is 0. The van der Waals surface area contributed by atoms with E-state index in [1.54, 1.807) is 0 Å². The van der Waals surface area contributed by atoms with Crippen molar-refractivity contribution >= 4 is 11.4 Å². The molecule has 0 aromatic heterocycles. The van der Waals surface area contributed by atoms with Crippen LogP contribution in [0.25, 0.3) is 0 Å². The average molecular weight is 262 g/mol. The van der Waals surface area contributed by atoms with Crippen molar-refractivity contribution in [2.24, 2.45) is 0 Å². The minimum Gasteiger partial charge on any atom is -0.493 e. The van der Waals surface area contributed by atoms with Crippen LogP contribution in [0.15, 0.2) is 18.2 Å². The van der Waals surface area contributed by atoms with Gasteiger partial charge in [-0.15, -0.1) is 0 Å². The number of ether oxygens (including phenoxy) is 2. The summed E-state index contributed by atoms with van der Waals surface area (Å²) in [6, 6.07) is 6.02. The molecule has 2 aliphatic heterocycles. The van der Waals surface area contributed by atoms with E-state index in [1.807, 2.05) is 12.1 Å². The lowest BCUT2D eigenvalue weighted by Crippen LogP contribution is -2.42. The number of nitrogens with two attached hydrogens (primary N) is 1. The number of nitrogens with zero attached hydrogens (tertiary/aromatic N) is 1. The molecule has 0 spiro atoms. The van der Waals surface area contributed by atoms with Crippen LogP contribution in [0.2, 0.25) is 0 Å². The van der Waals surface area contributed by atoms with Gasteiger partial charge in [0.15, 0.2) is 0 Å². The SMILES string of the molecule is CCCOc1cc(N)cc(N2CC3CCC(C2)O3)c1. The van der Waals surface area contributed by atoms with E-state index in [2.05, 4.69) is 17.9 Å². The zero-order valence-electron chi connectivity index (χ0n) is 11.5. The molecule has 0 saturated carbocycles. The Morgan fingerprint density at radius 2 is 2.00 bits per heavy atom. The normalized spacial score (nSPS) is 25.6. The first kappa shape index (κ1) is 12.6. The minimum atomic E-state index is 0.389. The largest absolute Gasteiger partial charge is 0.493 e. The van der Waals surface area contributed by atoms with Crippen LogP contribution in [-0.2, 0) is 4.74 Å². The highest BCUT2D eigenvalue weighted by atomic mass is 16.5. The zero-order valence-corrected chi connectivity index (χ0v) is 11.5. The number of benzene rings is 1. The second-order valence-corrected chi connectivity index (χ2v) is 5.47. The van der Waals surface area contributed by atoms with Crippen LogP contribution in [0.3, 0.4) is 0 Å². The van der Waals surface area contributed by atoms with Crippen molar-refractivity contribution in [1.82, 2.24) is 0 Å². The molecule has 2 heterocycles. The molecule has 2 N–H and O–H groups in total. The molecule has 104 valence electrons. The molecule has 2 bridgehead atoms. The third-order valence-corrected chi connectivity index (χ3v) is 3.80. The number of morpholine rings is 1. The van der Waals surface area contributed by atoms with Crippen LogP contribution in [0.4, 0.5) is 11.4 Å². The van der Waals surface area contributed by atoms with Gasteiger partial charge in [-0.1, -0.05) is 6.92 Å². The fraction of sp³-hybridized carbons (Fsp3) is 0.600. The second-order valence-electron chi connectivity index (χ2n) is 5.47. The first-order valence-electron chi connectivity index (χ1n) is 7.18. The smallest absolute Gasteiger partial charge is 0.123 e. The summed E-state index contributed by atoms with van der Waals surface area (Å²) in [7, 11) is 0. The van der Waals surface area contributed by atoms with Crippen molar-refractivity contribution < 1.29 is 9.47 Å². The van der Waals surface area contributed by atoms with Crippen molar-refractivity contribution in [2.75, 3.05) is 30.3 Å². The lowest BCUT2D eigenvalue weighted by Gasteiger charge is -2.34. The molecule has 1 aromatic rings. The maximum atomic E-state index is 5.98. The van der Waals surface area contributed by atoms with Crippen LogP contribution in [-0.4, -0.2) is 31.9 Å². The van der Waals surface area contributed by atoms with Crippen LogP contribution in [0.1, 0.15) is 26.2 Å². The van der Waals surface area contributed by atoms with Crippen molar-refractivity contribution in [3.8, 4) is 5.75 Å². The van der Waals surface area contributed by atoms with E-state index in [1.165, 1.54) is 12.8 Å². The van der Waals surface area contributed by atoms with E-state index in [4.69, 9.17) is 15.2 Å². The summed E-state index contributed by atoms with van der Waals surface area (Å²) >= 11 is 0. The van der Waals surface area contributed by atoms with Crippen molar-refractivity contribution in [3.05, 3.63) is 18.2 Å². The van der Waals surface area contributed by atoms with Gasteiger partial charge in [-0.2, -0.15) is 0 Å². The van der Waals surface area contributed by atoms with Gasteiger partial charge in [-0.25, -0.2) is 0 Å². The molecule has 4 nitrogen and oxygen atoms in total. The molecule has 3 rings (SSSR count). The molecule has 0 radical (unpaired) electrons. The van der Waals surface area contributed by atoms with E-state index in [9.17, 15) is 0 Å². The summed E-state index contributed by atoms with van der Waals surface area (Å²) < 4.78 is 11.6. The van der Waals surface area contributed by atoms with Crippen molar-refractivity contribution in [1.29, 1.82) is 0 Å².